The van der Waals surface area contributed by atoms with Gasteiger partial charge in [-0.3, -0.25) is 20.2 Å². The molecular formula is C26H22N2O4S2. The van der Waals surface area contributed by atoms with E-state index in [0.29, 0.717) is 0 Å². The Bertz CT molecular complexity index is 1210. The van der Waals surface area contributed by atoms with Crippen molar-refractivity contribution in [2.75, 3.05) is 0 Å². The molecule has 0 aliphatic heterocycles. The molecule has 4 aromatic rings. The average Bonchev–Trinajstić information content (AvgIpc) is 3.44. The van der Waals surface area contributed by atoms with E-state index in [0.717, 1.165) is 11.1 Å². The highest BCUT2D eigenvalue weighted by molar-refractivity contribution is 7.13. The molecule has 0 fully saturated rings. The Balaban J connectivity index is 0.000000191. The molecule has 2 aromatic heterocycles. The van der Waals surface area contributed by atoms with Crippen LogP contribution in [0.5, 0.6) is 0 Å². The number of nitro groups is 2. The topological polar surface area (TPSA) is 86.3 Å². The molecule has 6 nitrogen and oxygen atoms in total. The minimum Gasteiger partial charge on any atom is -0.258 e. The lowest BCUT2D eigenvalue weighted by Crippen LogP contribution is -1.86. The molecule has 0 spiro atoms. The predicted octanol–water partition coefficient (Wildman–Crippen LogP) is 8.27. The van der Waals surface area contributed by atoms with Crippen molar-refractivity contribution in [2.24, 2.45) is 0 Å². The van der Waals surface area contributed by atoms with E-state index in [-0.39, 0.29) is 11.4 Å². The van der Waals surface area contributed by atoms with Gasteiger partial charge in [0.25, 0.3) is 11.4 Å². The Morgan fingerprint density at radius 1 is 0.559 bits per heavy atom. The molecule has 0 atom stereocenters. The SMILES string of the molecule is Cc1ccc(/C=C/c2ccc([N+](=O)[O-])cc2)s1.Cc1ccc(/C=C/c2ccc([N+](=O)[O-])cc2)s1. The highest BCUT2D eigenvalue weighted by Crippen LogP contribution is 2.20. The Morgan fingerprint density at radius 3 is 1.18 bits per heavy atom. The van der Waals surface area contributed by atoms with Gasteiger partial charge >= 0.3 is 0 Å². The number of hydrogen-bond acceptors (Lipinski definition) is 6. The van der Waals surface area contributed by atoms with E-state index >= 15 is 0 Å². The van der Waals surface area contributed by atoms with E-state index in [1.807, 2.05) is 24.3 Å². The summed E-state index contributed by atoms with van der Waals surface area (Å²) in [4.78, 5) is 25.1. The Kier molecular flexibility index (Phi) is 8.61. The minimum absolute atomic E-state index is 0.120. The maximum absolute atomic E-state index is 10.5. The zero-order valence-corrected chi connectivity index (χ0v) is 20.2. The standard InChI is InChI=1S/2C13H11NO2S/c2*1-10-2-8-13(17-10)9-5-11-3-6-12(7-4-11)14(15)16/h2*2-9H,1H3/b2*9-5+. The third-order valence-corrected chi connectivity index (χ3v) is 6.54. The molecule has 172 valence electrons. The van der Waals surface area contributed by atoms with Gasteiger partial charge in [0.15, 0.2) is 0 Å². The highest BCUT2D eigenvalue weighted by Gasteiger charge is 2.03. The normalized spacial score (nSPS) is 10.9. The molecule has 0 radical (unpaired) electrons. The van der Waals surface area contributed by atoms with Crippen LogP contribution < -0.4 is 0 Å². The first-order chi connectivity index (χ1) is 16.3. The highest BCUT2D eigenvalue weighted by atomic mass is 32.1. The van der Waals surface area contributed by atoms with Crippen molar-refractivity contribution < 1.29 is 9.85 Å². The zero-order valence-electron chi connectivity index (χ0n) is 18.6. The number of aryl methyl sites for hydroxylation is 2. The molecule has 2 heterocycles. The fourth-order valence-electron chi connectivity index (χ4n) is 2.86. The van der Waals surface area contributed by atoms with Gasteiger partial charge in [-0.25, -0.2) is 0 Å². The summed E-state index contributed by atoms with van der Waals surface area (Å²) < 4.78 is 0. The summed E-state index contributed by atoms with van der Waals surface area (Å²) in [6.07, 6.45) is 7.93. The van der Waals surface area contributed by atoms with Crippen LogP contribution in [0, 0.1) is 34.1 Å². The number of nitrogens with zero attached hydrogens (tertiary/aromatic N) is 2. The number of thiophene rings is 2. The maximum atomic E-state index is 10.5. The molecule has 0 bridgehead atoms. The lowest BCUT2D eigenvalue weighted by molar-refractivity contribution is -0.385. The summed E-state index contributed by atoms with van der Waals surface area (Å²) in [5.41, 5.74) is 2.16. The first kappa shape index (κ1) is 24.8. The number of hydrogen-bond donors (Lipinski definition) is 0. The first-order valence-electron chi connectivity index (χ1n) is 10.3. The quantitative estimate of drug-likeness (QED) is 0.201. The minimum atomic E-state index is -0.393. The van der Waals surface area contributed by atoms with Crippen molar-refractivity contribution in [3.63, 3.8) is 0 Å². The Labute approximate surface area is 205 Å². The summed E-state index contributed by atoms with van der Waals surface area (Å²) in [5, 5.41) is 21.0. The molecule has 0 saturated heterocycles. The summed E-state index contributed by atoms with van der Waals surface area (Å²) in [6, 6.07) is 21.3. The number of benzene rings is 2. The third-order valence-electron chi connectivity index (χ3n) is 4.61. The molecule has 0 aliphatic rings. The van der Waals surface area contributed by atoms with Crippen molar-refractivity contribution in [3.05, 3.63) is 124 Å². The van der Waals surface area contributed by atoms with E-state index in [1.54, 1.807) is 46.9 Å². The molecule has 2 aromatic carbocycles. The summed E-state index contributed by atoms with van der Waals surface area (Å²) >= 11 is 3.44. The fourth-order valence-corrected chi connectivity index (χ4v) is 4.42. The maximum Gasteiger partial charge on any atom is 0.269 e. The lowest BCUT2D eigenvalue weighted by atomic mass is 10.2. The van der Waals surface area contributed by atoms with E-state index in [9.17, 15) is 20.2 Å². The average molecular weight is 491 g/mol. The van der Waals surface area contributed by atoms with Crippen molar-refractivity contribution in [1.82, 2.24) is 0 Å². The number of rotatable bonds is 6. The van der Waals surface area contributed by atoms with Crippen molar-refractivity contribution in [2.45, 2.75) is 13.8 Å². The van der Waals surface area contributed by atoms with E-state index in [1.165, 1.54) is 43.8 Å². The van der Waals surface area contributed by atoms with Gasteiger partial charge in [-0.05, 0) is 85.7 Å². The van der Waals surface area contributed by atoms with Crippen molar-refractivity contribution in [3.8, 4) is 0 Å². The summed E-state index contributed by atoms with van der Waals surface area (Å²) in [6.45, 7) is 4.13. The Hall–Kier alpha value is -3.88. The second kappa shape index (κ2) is 11.8. The second-order valence-corrected chi connectivity index (χ2v) is 9.90. The van der Waals surface area contributed by atoms with Crippen LogP contribution in [0.4, 0.5) is 11.4 Å². The van der Waals surface area contributed by atoms with Crippen LogP contribution in [0.1, 0.15) is 30.6 Å². The molecule has 0 saturated carbocycles. The van der Waals surface area contributed by atoms with Crippen molar-refractivity contribution in [1.29, 1.82) is 0 Å². The van der Waals surface area contributed by atoms with Crippen LogP contribution in [0.2, 0.25) is 0 Å². The van der Waals surface area contributed by atoms with Gasteiger partial charge in [0.1, 0.15) is 0 Å². The largest absolute Gasteiger partial charge is 0.269 e. The predicted molar refractivity (Wildman–Crippen MR) is 142 cm³/mol. The van der Waals surface area contributed by atoms with Crippen LogP contribution in [0.15, 0.2) is 72.8 Å². The van der Waals surface area contributed by atoms with Crippen LogP contribution in [-0.4, -0.2) is 9.85 Å². The third kappa shape index (κ3) is 7.61. The summed E-state index contributed by atoms with van der Waals surface area (Å²) in [5.74, 6) is 0. The molecule has 34 heavy (non-hydrogen) atoms. The van der Waals surface area contributed by atoms with Crippen molar-refractivity contribution >= 4 is 58.4 Å². The zero-order chi connectivity index (χ0) is 24.5. The molecule has 8 heteroatoms. The van der Waals surface area contributed by atoms with Gasteiger partial charge in [-0.2, -0.15) is 0 Å². The lowest BCUT2D eigenvalue weighted by Gasteiger charge is -1.93. The number of non-ortho nitro benzene ring substituents is 2. The van der Waals surface area contributed by atoms with Gasteiger partial charge in [0, 0.05) is 43.8 Å². The molecule has 0 aliphatic carbocycles. The second-order valence-electron chi connectivity index (χ2n) is 7.26. The Morgan fingerprint density at radius 2 is 0.912 bits per heavy atom. The summed E-state index contributed by atoms with van der Waals surface area (Å²) in [7, 11) is 0. The van der Waals surface area contributed by atoms with E-state index < -0.39 is 9.85 Å². The van der Waals surface area contributed by atoms with Crippen LogP contribution in [0.3, 0.4) is 0 Å². The van der Waals surface area contributed by atoms with Gasteiger partial charge < -0.3 is 0 Å². The van der Waals surface area contributed by atoms with Gasteiger partial charge in [-0.15, -0.1) is 22.7 Å². The van der Waals surface area contributed by atoms with Gasteiger partial charge in [0.2, 0.25) is 0 Å². The molecule has 0 unspecified atom stereocenters. The van der Waals surface area contributed by atoms with Crippen LogP contribution >= 0.6 is 22.7 Å². The van der Waals surface area contributed by atoms with Gasteiger partial charge in [0.05, 0.1) is 9.85 Å². The first-order valence-corrected chi connectivity index (χ1v) is 11.9. The fraction of sp³-hybridized carbons (Fsp3) is 0.0769. The smallest absolute Gasteiger partial charge is 0.258 e. The molecule has 0 N–H and O–H groups in total. The van der Waals surface area contributed by atoms with Crippen LogP contribution in [-0.2, 0) is 0 Å². The van der Waals surface area contributed by atoms with E-state index in [2.05, 4.69) is 38.1 Å². The monoisotopic (exact) mass is 490 g/mol. The molecule has 0 amide bonds. The molecule has 4 rings (SSSR count). The molecular weight excluding hydrogens is 468 g/mol. The van der Waals surface area contributed by atoms with Crippen LogP contribution in [0.25, 0.3) is 24.3 Å². The number of nitro benzene ring substituents is 2. The van der Waals surface area contributed by atoms with Gasteiger partial charge in [-0.1, -0.05) is 12.2 Å². The van der Waals surface area contributed by atoms with E-state index in [4.69, 9.17) is 0 Å².